The van der Waals surface area contributed by atoms with Crippen molar-refractivity contribution in [1.82, 2.24) is 10.2 Å². The van der Waals surface area contributed by atoms with Gasteiger partial charge >= 0.3 is 0 Å². The van der Waals surface area contributed by atoms with Crippen LogP contribution < -0.4 is 9.62 Å². The average Bonchev–Trinajstić information content (AvgIpc) is 2.76. The van der Waals surface area contributed by atoms with Crippen LogP contribution in [0.3, 0.4) is 0 Å². The number of nitrogens with zero attached hydrogens (tertiary/aromatic N) is 2. The topological polar surface area (TPSA) is 86.8 Å². The number of hydrogen-bond donors (Lipinski definition) is 1. The summed E-state index contributed by atoms with van der Waals surface area (Å²) in [6.45, 7) is 3.80. The van der Waals surface area contributed by atoms with Gasteiger partial charge in [0.15, 0.2) is 0 Å². The predicted molar refractivity (Wildman–Crippen MR) is 133 cm³/mol. The highest BCUT2D eigenvalue weighted by atomic mass is 35.5. The number of sulfonamides is 1. The molecule has 0 aliphatic rings. The molecule has 2 aromatic rings. The van der Waals surface area contributed by atoms with Crippen LogP contribution in [0.4, 0.5) is 5.69 Å². The SMILES string of the molecule is CCCNC(=O)[C@@H](C)N(CCc1ccccc1)C(=O)CN(c1ccc(Cl)cc1Cl)S(C)(=O)=O. The summed E-state index contributed by atoms with van der Waals surface area (Å²) in [6.07, 6.45) is 2.27. The molecule has 1 atom stereocenters. The largest absolute Gasteiger partial charge is 0.354 e. The Kier molecular flexibility index (Phi) is 10.0. The van der Waals surface area contributed by atoms with Crippen LogP contribution >= 0.6 is 23.2 Å². The van der Waals surface area contributed by atoms with Crippen molar-refractivity contribution >= 4 is 50.7 Å². The Morgan fingerprint density at radius 2 is 1.76 bits per heavy atom. The molecule has 33 heavy (non-hydrogen) atoms. The smallest absolute Gasteiger partial charge is 0.244 e. The molecular formula is C23H29Cl2N3O4S. The van der Waals surface area contributed by atoms with Gasteiger partial charge in [0.05, 0.1) is 17.0 Å². The monoisotopic (exact) mass is 513 g/mol. The van der Waals surface area contributed by atoms with Crippen LogP contribution in [-0.4, -0.2) is 57.1 Å². The molecule has 0 aliphatic heterocycles. The Hall–Kier alpha value is -2.29. The maximum absolute atomic E-state index is 13.4. The van der Waals surface area contributed by atoms with Gasteiger partial charge in [-0.15, -0.1) is 0 Å². The van der Waals surface area contributed by atoms with Crippen molar-refractivity contribution in [3.63, 3.8) is 0 Å². The molecule has 0 bridgehead atoms. The van der Waals surface area contributed by atoms with Crippen LogP contribution in [-0.2, 0) is 26.0 Å². The van der Waals surface area contributed by atoms with Gasteiger partial charge < -0.3 is 10.2 Å². The molecule has 0 radical (unpaired) electrons. The molecule has 10 heteroatoms. The van der Waals surface area contributed by atoms with Crippen molar-refractivity contribution in [2.75, 3.05) is 30.2 Å². The zero-order valence-electron chi connectivity index (χ0n) is 18.9. The van der Waals surface area contributed by atoms with Crippen LogP contribution in [0.25, 0.3) is 0 Å². The maximum Gasteiger partial charge on any atom is 0.244 e. The Bertz CT molecular complexity index is 1060. The maximum atomic E-state index is 13.4. The first-order valence-electron chi connectivity index (χ1n) is 10.6. The van der Waals surface area contributed by atoms with Crippen LogP contribution in [0.5, 0.6) is 0 Å². The summed E-state index contributed by atoms with van der Waals surface area (Å²) in [5.41, 5.74) is 1.14. The van der Waals surface area contributed by atoms with Gasteiger partial charge in [0.1, 0.15) is 12.6 Å². The third-order valence-electron chi connectivity index (χ3n) is 5.06. The van der Waals surface area contributed by atoms with Crippen LogP contribution in [0, 0.1) is 0 Å². The molecular weight excluding hydrogens is 485 g/mol. The van der Waals surface area contributed by atoms with E-state index in [1.165, 1.54) is 23.1 Å². The number of anilines is 1. The molecule has 180 valence electrons. The number of carbonyl (C=O) groups excluding carboxylic acids is 2. The fourth-order valence-corrected chi connectivity index (χ4v) is 4.67. The summed E-state index contributed by atoms with van der Waals surface area (Å²) < 4.78 is 26.0. The molecule has 0 saturated carbocycles. The summed E-state index contributed by atoms with van der Waals surface area (Å²) >= 11 is 12.2. The van der Waals surface area contributed by atoms with E-state index in [0.717, 1.165) is 22.5 Å². The molecule has 0 saturated heterocycles. The molecule has 2 aromatic carbocycles. The van der Waals surface area contributed by atoms with Gasteiger partial charge in [-0.05, 0) is 43.5 Å². The first kappa shape index (κ1) is 27.0. The second-order valence-corrected chi connectivity index (χ2v) is 10.4. The minimum Gasteiger partial charge on any atom is -0.354 e. The van der Waals surface area contributed by atoms with Gasteiger partial charge in [-0.1, -0.05) is 60.5 Å². The van der Waals surface area contributed by atoms with E-state index < -0.39 is 28.5 Å². The lowest BCUT2D eigenvalue weighted by atomic mass is 10.1. The number of benzene rings is 2. The molecule has 2 rings (SSSR count). The highest BCUT2D eigenvalue weighted by Gasteiger charge is 2.30. The lowest BCUT2D eigenvalue weighted by Crippen LogP contribution is -2.52. The van der Waals surface area contributed by atoms with Crippen LogP contribution in [0.15, 0.2) is 48.5 Å². The summed E-state index contributed by atoms with van der Waals surface area (Å²) in [6, 6.07) is 13.1. The van der Waals surface area contributed by atoms with Gasteiger partial charge in [0, 0.05) is 18.1 Å². The number of rotatable bonds is 11. The highest BCUT2D eigenvalue weighted by molar-refractivity contribution is 7.92. The Labute approximate surface area is 205 Å². The third kappa shape index (κ3) is 7.91. The molecule has 1 N–H and O–H groups in total. The van der Waals surface area contributed by atoms with Crippen molar-refractivity contribution in [2.24, 2.45) is 0 Å². The minimum absolute atomic E-state index is 0.102. The van der Waals surface area contributed by atoms with Crippen molar-refractivity contribution in [2.45, 2.75) is 32.7 Å². The lowest BCUT2D eigenvalue weighted by Gasteiger charge is -2.31. The zero-order valence-corrected chi connectivity index (χ0v) is 21.3. The van der Waals surface area contributed by atoms with E-state index in [4.69, 9.17) is 23.2 Å². The second-order valence-electron chi connectivity index (χ2n) is 7.66. The van der Waals surface area contributed by atoms with Crippen molar-refractivity contribution in [3.05, 3.63) is 64.1 Å². The van der Waals surface area contributed by atoms with Gasteiger partial charge in [0.2, 0.25) is 21.8 Å². The summed E-state index contributed by atoms with van der Waals surface area (Å²) in [5.74, 6) is -0.810. The van der Waals surface area contributed by atoms with E-state index >= 15 is 0 Å². The minimum atomic E-state index is -3.85. The van der Waals surface area contributed by atoms with Crippen molar-refractivity contribution < 1.29 is 18.0 Å². The van der Waals surface area contributed by atoms with E-state index in [1.807, 2.05) is 37.3 Å². The molecule has 7 nitrogen and oxygen atoms in total. The van der Waals surface area contributed by atoms with E-state index in [9.17, 15) is 18.0 Å². The molecule has 0 spiro atoms. The van der Waals surface area contributed by atoms with Crippen LogP contribution in [0.1, 0.15) is 25.8 Å². The number of hydrogen-bond acceptors (Lipinski definition) is 4. The van der Waals surface area contributed by atoms with E-state index in [-0.39, 0.29) is 23.2 Å². The van der Waals surface area contributed by atoms with Gasteiger partial charge in [-0.3, -0.25) is 13.9 Å². The van der Waals surface area contributed by atoms with Crippen molar-refractivity contribution in [1.29, 1.82) is 0 Å². The molecule has 0 heterocycles. The van der Waals surface area contributed by atoms with Crippen LogP contribution in [0.2, 0.25) is 10.0 Å². The number of carbonyl (C=O) groups is 2. The number of nitrogens with one attached hydrogen (secondary N) is 1. The summed E-state index contributed by atoms with van der Waals surface area (Å²) in [4.78, 5) is 27.4. The van der Waals surface area contributed by atoms with E-state index in [1.54, 1.807) is 6.92 Å². The standard InChI is InChI=1S/C23H29Cl2N3O4S/c1-4-13-26-23(30)17(2)27(14-12-18-8-6-5-7-9-18)22(29)16-28(33(3,31)32)21-11-10-19(24)15-20(21)25/h5-11,15,17H,4,12-14,16H2,1-3H3,(H,26,30)/t17-/m1/s1. The average molecular weight is 514 g/mol. The van der Waals surface area contributed by atoms with Gasteiger partial charge in [0.25, 0.3) is 0 Å². The first-order chi connectivity index (χ1) is 15.5. The van der Waals surface area contributed by atoms with Gasteiger partial charge in [-0.25, -0.2) is 8.42 Å². The van der Waals surface area contributed by atoms with Crippen molar-refractivity contribution in [3.8, 4) is 0 Å². The summed E-state index contributed by atoms with van der Waals surface area (Å²) in [7, 11) is -3.85. The Morgan fingerprint density at radius 3 is 2.33 bits per heavy atom. The van der Waals surface area contributed by atoms with E-state index in [0.29, 0.717) is 18.0 Å². The number of halogens is 2. The highest BCUT2D eigenvalue weighted by Crippen LogP contribution is 2.30. The first-order valence-corrected chi connectivity index (χ1v) is 13.2. The normalized spacial score (nSPS) is 12.2. The third-order valence-corrected chi connectivity index (χ3v) is 6.72. The predicted octanol–water partition coefficient (Wildman–Crippen LogP) is 3.75. The Balaban J connectivity index is 2.32. The lowest BCUT2D eigenvalue weighted by molar-refractivity contribution is -0.138. The molecule has 2 amide bonds. The second kappa shape index (κ2) is 12.3. The zero-order chi connectivity index (χ0) is 24.6. The number of amides is 2. The van der Waals surface area contributed by atoms with Gasteiger partial charge in [-0.2, -0.15) is 0 Å². The molecule has 0 unspecified atom stereocenters. The molecule has 0 aliphatic carbocycles. The fraction of sp³-hybridized carbons (Fsp3) is 0.391. The molecule has 0 aromatic heterocycles. The molecule has 0 fully saturated rings. The Morgan fingerprint density at radius 1 is 1.09 bits per heavy atom. The van der Waals surface area contributed by atoms with E-state index in [2.05, 4.69) is 5.32 Å². The quantitative estimate of drug-likeness (QED) is 0.495. The fourth-order valence-electron chi connectivity index (χ4n) is 3.24. The summed E-state index contributed by atoms with van der Waals surface area (Å²) in [5, 5.41) is 3.24.